The van der Waals surface area contributed by atoms with Crippen LogP contribution in [0.1, 0.15) is 39.5 Å². The minimum absolute atomic E-state index is 0.426. The van der Waals surface area contributed by atoms with Crippen LogP contribution in [-0.2, 0) is 4.74 Å². The van der Waals surface area contributed by atoms with Crippen LogP contribution in [0.15, 0.2) is 0 Å². The Kier molecular flexibility index (Phi) is 5.58. The second-order valence-corrected chi connectivity index (χ2v) is 5.23. The lowest BCUT2D eigenvalue weighted by molar-refractivity contribution is 0.134. The summed E-state index contributed by atoms with van der Waals surface area (Å²) in [5.41, 5.74) is 2.97. The number of ether oxygens (including phenoxy) is 1. The first-order chi connectivity index (χ1) is 7.17. The fourth-order valence-electron chi connectivity index (χ4n) is 3.04. The summed E-state index contributed by atoms with van der Waals surface area (Å²) in [6.07, 6.45) is 5.01. The Morgan fingerprint density at radius 2 is 1.87 bits per heavy atom. The van der Waals surface area contributed by atoms with E-state index in [9.17, 15) is 0 Å². The lowest BCUT2D eigenvalue weighted by atomic mass is 9.73. The van der Waals surface area contributed by atoms with Gasteiger partial charge in [-0.3, -0.25) is 11.3 Å². The largest absolute Gasteiger partial charge is 0.385 e. The van der Waals surface area contributed by atoms with Crippen LogP contribution in [0.4, 0.5) is 0 Å². The molecule has 0 spiro atoms. The molecule has 0 aliphatic heterocycles. The maximum absolute atomic E-state index is 5.63. The highest BCUT2D eigenvalue weighted by atomic mass is 16.5. The van der Waals surface area contributed by atoms with E-state index in [1.54, 1.807) is 7.11 Å². The van der Waals surface area contributed by atoms with Crippen molar-refractivity contribution in [3.05, 3.63) is 0 Å². The first kappa shape index (κ1) is 12.9. The minimum Gasteiger partial charge on any atom is -0.385 e. The number of nitrogens with one attached hydrogen (secondary N) is 1. The predicted molar refractivity (Wildman–Crippen MR) is 63.3 cm³/mol. The molecule has 0 bridgehead atoms. The standard InChI is InChI=1S/C12H26N2O/c1-9-6-10(2)8-11(7-9)12(14-13)4-5-15-3/h9-12,14H,4-8,13H2,1-3H3. The van der Waals surface area contributed by atoms with E-state index in [1.807, 2.05) is 0 Å². The first-order valence-electron chi connectivity index (χ1n) is 6.12. The molecule has 1 saturated carbocycles. The monoisotopic (exact) mass is 214 g/mol. The molecule has 0 amide bonds. The molecule has 0 radical (unpaired) electrons. The average molecular weight is 214 g/mol. The van der Waals surface area contributed by atoms with Crippen LogP contribution in [0.25, 0.3) is 0 Å². The summed E-state index contributed by atoms with van der Waals surface area (Å²) in [7, 11) is 1.75. The molecule has 0 aromatic carbocycles. The van der Waals surface area contributed by atoms with Gasteiger partial charge in [0.25, 0.3) is 0 Å². The SMILES string of the molecule is COCCC(NN)C1CC(C)CC(C)C1. The van der Waals surface area contributed by atoms with Gasteiger partial charge in [-0.2, -0.15) is 0 Å². The van der Waals surface area contributed by atoms with Crippen LogP contribution < -0.4 is 11.3 Å². The highest BCUT2D eigenvalue weighted by molar-refractivity contribution is 4.82. The summed E-state index contributed by atoms with van der Waals surface area (Å²) in [4.78, 5) is 0. The molecular weight excluding hydrogens is 188 g/mol. The molecule has 1 aliphatic rings. The molecule has 1 rings (SSSR count). The Balaban J connectivity index is 2.43. The average Bonchev–Trinajstić information content (AvgIpc) is 2.17. The van der Waals surface area contributed by atoms with Crippen LogP contribution in [0.2, 0.25) is 0 Å². The van der Waals surface area contributed by atoms with E-state index in [-0.39, 0.29) is 0 Å². The Hall–Kier alpha value is -0.120. The van der Waals surface area contributed by atoms with Crippen molar-refractivity contribution in [2.75, 3.05) is 13.7 Å². The predicted octanol–water partition coefficient (Wildman–Crippen LogP) is 1.93. The van der Waals surface area contributed by atoms with Gasteiger partial charge in [0.1, 0.15) is 0 Å². The van der Waals surface area contributed by atoms with Gasteiger partial charge < -0.3 is 4.74 Å². The van der Waals surface area contributed by atoms with Crippen molar-refractivity contribution in [3.63, 3.8) is 0 Å². The maximum Gasteiger partial charge on any atom is 0.0477 e. The van der Waals surface area contributed by atoms with Crippen molar-refractivity contribution in [2.45, 2.75) is 45.6 Å². The van der Waals surface area contributed by atoms with E-state index in [2.05, 4.69) is 19.3 Å². The van der Waals surface area contributed by atoms with Crippen LogP contribution in [0.3, 0.4) is 0 Å². The molecule has 3 atom stereocenters. The lowest BCUT2D eigenvalue weighted by Crippen LogP contribution is -2.44. The Labute approximate surface area is 93.7 Å². The molecule has 1 fully saturated rings. The highest BCUT2D eigenvalue weighted by Crippen LogP contribution is 2.35. The lowest BCUT2D eigenvalue weighted by Gasteiger charge is -2.36. The Morgan fingerprint density at radius 1 is 1.27 bits per heavy atom. The summed E-state index contributed by atoms with van der Waals surface area (Å²) < 4.78 is 5.12. The number of nitrogens with two attached hydrogens (primary N) is 1. The number of hydrogen-bond donors (Lipinski definition) is 2. The molecule has 3 heteroatoms. The number of hydrogen-bond acceptors (Lipinski definition) is 3. The molecule has 0 aromatic rings. The van der Waals surface area contributed by atoms with Crippen LogP contribution >= 0.6 is 0 Å². The van der Waals surface area contributed by atoms with E-state index in [1.165, 1.54) is 19.3 Å². The van der Waals surface area contributed by atoms with E-state index >= 15 is 0 Å². The number of hydrazine groups is 1. The van der Waals surface area contributed by atoms with Gasteiger partial charge in [0, 0.05) is 19.8 Å². The molecule has 3 unspecified atom stereocenters. The van der Waals surface area contributed by atoms with Gasteiger partial charge in [0.15, 0.2) is 0 Å². The molecule has 0 aromatic heterocycles. The van der Waals surface area contributed by atoms with Gasteiger partial charge in [-0.05, 0) is 43.4 Å². The fourth-order valence-corrected chi connectivity index (χ4v) is 3.04. The van der Waals surface area contributed by atoms with Crippen molar-refractivity contribution in [3.8, 4) is 0 Å². The maximum atomic E-state index is 5.63. The smallest absolute Gasteiger partial charge is 0.0477 e. The quantitative estimate of drug-likeness (QED) is 0.543. The molecule has 0 heterocycles. The zero-order valence-corrected chi connectivity index (χ0v) is 10.3. The second-order valence-electron chi connectivity index (χ2n) is 5.23. The van der Waals surface area contributed by atoms with Crippen LogP contribution in [0, 0.1) is 17.8 Å². The van der Waals surface area contributed by atoms with Gasteiger partial charge >= 0.3 is 0 Å². The molecule has 3 N–H and O–H groups in total. The zero-order chi connectivity index (χ0) is 11.3. The van der Waals surface area contributed by atoms with E-state index in [0.717, 1.165) is 30.8 Å². The normalized spacial score (nSPS) is 34.0. The Morgan fingerprint density at radius 3 is 2.33 bits per heavy atom. The first-order valence-corrected chi connectivity index (χ1v) is 6.12. The van der Waals surface area contributed by atoms with Crippen molar-refractivity contribution in [1.29, 1.82) is 0 Å². The van der Waals surface area contributed by atoms with Gasteiger partial charge in [0.05, 0.1) is 0 Å². The molecule has 15 heavy (non-hydrogen) atoms. The third-order valence-electron chi connectivity index (χ3n) is 3.63. The molecule has 90 valence electrons. The summed E-state index contributed by atoms with van der Waals surface area (Å²) in [6.45, 7) is 5.51. The highest BCUT2D eigenvalue weighted by Gasteiger charge is 2.29. The van der Waals surface area contributed by atoms with Gasteiger partial charge in [-0.15, -0.1) is 0 Å². The van der Waals surface area contributed by atoms with E-state index in [4.69, 9.17) is 10.6 Å². The fraction of sp³-hybridized carbons (Fsp3) is 1.00. The summed E-state index contributed by atoms with van der Waals surface area (Å²) >= 11 is 0. The van der Waals surface area contributed by atoms with Gasteiger partial charge in [-0.25, -0.2) is 0 Å². The van der Waals surface area contributed by atoms with Crippen molar-refractivity contribution in [2.24, 2.45) is 23.6 Å². The molecule has 0 saturated heterocycles. The van der Waals surface area contributed by atoms with Gasteiger partial charge in [-0.1, -0.05) is 13.8 Å². The summed E-state index contributed by atoms with van der Waals surface area (Å²) in [6, 6.07) is 0.426. The number of methoxy groups -OCH3 is 1. The van der Waals surface area contributed by atoms with Crippen LogP contribution in [-0.4, -0.2) is 19.8 Å². The van der Waals surface area contributed by atoms with Crippen molar-refractivity contribution >= 4 is 0 Å². The second kappa shape index (κ2) is 6.46. The van der Waals surface area contributed by atoms with Crippen LogP contribution in [0.5, 0.6) is 0 Å². The van der Waals surface area contributed by atoms with Gasteiger partial charge in [0.2, 0.25) is 0 Å². The minimum atomic E-state index is 0.426. The number of rotatable bonds is 5. The van der Waals surface area contributed by atoms with Crippen molar-refractivity contribution in [1.82, 2.24) is 5.43 Å². The zero-order valence-electron chi connectivity index (χ0n) is 10.3. The molecule has 1 aliphatic carbocycles. The van der Waals surface area contributed by atoms with E-state index < -0.39 is 0 Å². The third-order valence-corrected chi connectivity index (χ3v) is 3.63. The summed E-state index contributed by atoms with van der Waals surface area (Å²) in [5.74, 6) is 8.04. The Bertz CT molecular complexity index is 165. The topological polar surface area (TPSA) is 47.3 Å². The summed E-state index contributed by atoms with van der Waals surface area (Å²) in [5, 5.41) is 0. The van der Waals surface area contributed by atoms with Crippen molar-refractivity contribution < 1.29 is 4.74 Å². The van der Waals surface area contributed by atoms with E-state index in [0.29, 0.717) is 6.04 Å². The molecular formula is C12H26N2O. The molecule has 3 nitrogen and oxygen atoms in total. The third kappa shape index (κ3) is 4.09.